The van der Waals surface area contributed by atoms with E-state index in [-0.39, 0.29) is 36.4 Å². The zero-order valence-corrected chi connectivity index (χ0v) is 24.3. The standard InChI is InChI=1S/C30H32F6N4O5/c1-18(27-15-19-14-20(29(31,32)33)2-9-26(19)45-27)38-10-12-39(13-11-38)28(41)17-44-23-6-3-21(4-7-23)37-22-5-8-25(40(42)43)24(16-22)30(34,35)36/h2,5,8-9,14-16,18,21,23,37H,3-4,6-7,10-13,17H2,1H3. The van der Waals surface area contributed by atoms with E-state index in [0.29, 0.717) is 68.6 Å². The van der Waals surface area contributed by atoms with Crippen LogP contribution < -0.4 is 5.32 Å². The average molecular weight is 643 g/mol. The number of nitro benzene ring substituents is 1. The highest BCUT2D eigenvalue weighted by atomic mass is 19.4. The third kappa shape index (κ3) is 7.69. The second-order valence-electron chi connectivity index (χ2n) is 11.4. The first-order valence-corrected chi connectivity index (χ1v) is 14.6. The van der Waals surface area contributed by atoms with E-state index in [1.807, 2.05) is 6.92 Å². The van der Waals surface area contributed by atoms with Crippen molar-refractivity contribution in [2.24, 2.45) is 0 Å². The van der Waals surface area contributed by atoms with Gasteiger partial charge in [0.2, 0.25) is 5.91 Å². The lowest BCUT2D eigenvalue weighted by atomic mass is 9.92. The predicted molar refractivity (Wildman–Crippen MR) is 152 cm³/mol. The number of alkyl halides is 6. The number of halogens is 6. The molecule has 1 aliphatic heterocycles. The molecule has 2 aromatic carbocycles. The molecule has 3 aromatic rings. The Labute approximate surface area is 254 Å². The molecule has 1 aliphatic carbocycles. The van der Waals surface area contributed by atoms with E-state index in [0.717, 1.165) is 24.3 Å². The maximum Gasteiger partial charge on any atom is 0.423 e. The Morgan fingerprint density at radius 1 is 1.00 bits per heavy atom. The second kappa shape index (κ2) is 12.9. The van der Waals surface area contributed by atoms with Gasteiger partial charge in [0, 0.05) is 49.4 Å². The van der Waals surface area contributed by atoms with Crippen LogP contribution in [0.4, 0.5) is 37.7 Å². The molecule has 9 nitrogen and oxygen atoms in total. The number of fused-ring (bicyclic) bond motifs is 1. The van der Waals surface area contributed by atoms with Gasteiger partial charge in [-0.1, -0.05) is 0 Å². The van der Waals surface area contributed by atoms with Gasteiger partial charge in [-0.05, 0) is 69.0 Å². The molecule has 1 aromatic heterocycles. The highest BCUT2D eigenvalue weighted by molar-refractivity contribution is 5.79. The Bertz CT molecular complexity index is 1530. The quantitative estimate of drug-likeness (QED) is 0.160. The molecule has 2 fully saturated rings. The molecule has 0 spiro atoms. The van der Waals surface area contributed by atoms with E-state index in [9.17, 15) is 41.3 Å². The summed E-state index contributed by atoms with van der Waals surface area (Å²) in [4.78, 5) is 26.6. The van der Waals surface area contributed by atoms with Crippen LogP contribution in [-0.2, 0) is 21.9 Å². The molecule has 1 atom stereocenters. The molecule has 1 saturated carbocycles. The summed E-state index contributed by atoms with van der Waals surface area (Å²) in [6.45, 7) is 3.82. The topological polar surface area (TPSA) is 101 Å². The van der Waals surface area contributed by atoms with Crippen molar-refractivity contribution in [1.29, 1.82) is 0 Å². The molecule has 1 amide bonds. The van der Waals surface area contributed by atoms with Crippen LogP contribution in [0.2, 0.25) is 0 Å². The number of rotatable bonds is 8. The number of nitrogens with one attached hydrogen (secondary N) is 1. The third-order valence-electron chi connectivity index (χ3n) is 8.48. The lowest BCUT2D eigenvalue weighted by molar-refractivity contribution is -0.388. The summed E-state index contributed by atoms with van der Waals surface area (Å²) in [6, 6.07) is 7.53. The fraction of sp³-hybridized carbons (Fsp3) is 0.500. The smallest absolute Gasteiger partial charge is 0.423 e. The number of nitrogens with zero attached hydrogens (tertiary/aromatic N) is 3. The first kappa shape index (κ1) is 32.5. The third-order valence-corrected chi connectivity index (χ3v) is 8.48. The van der Waals surface area contributed by atoms with Gasteiger partial charge < -0.3 is 19.4 Å². The van der Waals surface area contributed by atoms with Crippen molar-refractivity contribution in [3.05, 3.63) is 69.5 Å². The SMILES string of the molecule is CC(c1cc2cc(C(F)(F)F)ccc2o1)N1CCN(C(=O)COC2CCC(Nc3ccc([N+](=O)[O-])c(C(F)(F)F)c3)CC2)CC1. The number of hydrogen-bond donors (Lipinski definition) is 1. The number of benzene rings is 2. The molecule has 15 heteroatoms. The molecule has 1 N–H and O–H groups in total. The van der Waals surface area contributed by atoms with Crippen molar-refractivity contribution >= 4 is 28.3 Å². The maximum atomic E-state index is 13.3. The normalized spacial score (nSPS) is 20.7. The molecule has 0 bridgehead atoms. The number of anilines is 1. The molecule has 244 valence electrons. The Hall–Kier alpha value is -3.85. The highest BCUT2D eigenvalue weighted by Gasteiger charge is 2.39. The van der Waals surface area contributed by atoms with Crippen molar-refractivity contribution in [2.75, 3.05) is 38.1 Å². The van der Waals surface area contributed by atoms with Gasteiger partial charge in [-0.15, -0.1) is 0 Å². The average Bonchev–Trinajstić information content (AvgIpc) is 3.43. The summed E-state index contributed by atoms with van der Waals surface area (Å²) in [5.41, 5.74) is -2.51. The van der Waals surface area contributed by atoms with Crippen molar-refractivity contribution < 1.29 is 45.2 Å². The molecular formula is C30H32F6N4O5. The minimum atomic E-state index is -4.86. The summed E-state index contributed by atoms with van der Waals surface area (Å²) in [6.07, 6.45) is -7.11. The number of carbonyl (C=O) groups excluding carboxylic acids is 1. The number of hydrogen-bond acceptors (Lipinski definition) is 7. The molecule has 0 radical (unpaired) electrons. The van der Waals surface area contributed by atoms with Gasteiger partial charge in [-0.25, -0.2) is 0 Å². The number of carbonyl (C=O) groups is 1. The zero-order chi connectivity index (χ0) is 32.5. The first-order valence-electron chi connectivity index (χ1n) is 14.6. The molecule has 45 heavy (non-hydrogen) atoms. The van der Waals surface area contributed by atoms with Crippen LogP contribution in [0.3, 0.4) is 0 Å². The number of ether oxygens (including phenoxy) is 1. The van der Waals surface area contributed by atoms with Gasteiger partial charge in [0.05, 0.1) is 22.6 Å². The fourth-order valence-corrected chi connectivity index (χ4v) is 5.89. The van der Waals surface area contributed by atoms with Gasteiger partial charge in [0.1, 0.15) is 23.5 Å². The fourth-order valence-electron chi connectivity index (χ4n) is 5.89. The first-order chi connectivity index (χ1) is 21.2. The number of furan rings is 1. The highest BCUT2D eigenvalue weighted by Crippen LogP contribution is 2.38. The van der Waals surface area contributed by atoms with Crippen molar-refractivity contribution in [1.82, 2.24) is 9.80 Å². The molecule has 1 unspecified atom stereocenters. The molecule has 1 saturated heterocycles. The van der Waals surface area contributed by atoms with Crippen LogP contribution in [0.25, 0.3) is 11.0 Å². The van der Waals surface area contributed by atoms with Crippen molar-refractivity contribution in [3.63, 3.8) is 0 Å². The summed E-state index contributed by atoms with van der Waals surface area (Å²) < 4.78 is 90.8. The van der Waals surface area contributed by atoms with Crippen LogP contribution in [0.5, 0.6) is 0 Å². The van der Waals surface area contributed by atoms with Crippen LogP contribution in [0.1, 0.15) is 55.5 Å². The predicted octanol–water partition coefficient (Wildman–Crippen LogP) is 7.02. The van der Waals surface area contributed by atoms with E-state index in [1.165, 1.54) is 12.1 Å². The van der Waals surface area contributed by atoms with Gasteiger partial charge in [-0.3, -0.25) is 19.8 Å². The summed E-state index contributed by atoms with van der Waals surface area (Å²) in [7, 11) is 0. The number of nitro groups is 1. The zero-order valence-electron chi connectivity index (χ0n) is 24.3. The molecular weight excluding hydrogens is 610 g/mol. The van der Waals surface area contributed by atoms with Crippen LogP contribution >= 0.6 is 0 Å². The lowest BCUT2D eigenvalue weighted by Gasteiger charge is -2.37. The second-order valence-corrected chi connectivity index (χ2v) is 11.4. The van der Waals surface area contributed by atoms with E-state index in [4.69, 9.17) is 9.15 Å². The minimum Gasteiger partial charge on any atom is -0.459 e. The minimum absolute atomic E-state index is 0.0965. The summed E-state index contributed by atoms with van der Waals surface area (Å²) in [5, 5.41) is 14.4. The lowest BCUT2D eigenvalue weighted by Crippen LogP contribution is -2.50. The van der Waals surface area contributed by atoms with E-state index in [1.54, 1.807) is 11.0 Å². The molecule has 5 rings (SSSR count). The Kier molecular flexibility index (Phi) is 9.31. The van der Waals surface area contributed by atoms with Gasteiger partial charge >= 0.3 is 12.4 Å². The summed E-state index contributed by atoms with van der Waals surface area (Å²) >= 11 is 0. The largest absolute Gasteiger partial charge is 0.459 e. The van der Waals surface area contributed by atoms with Gasteiger partial charge in [0.25, 0.3) is 5.69 Å². The van der Waals surface area contributed by atoms with E-state index >= 15 is 0 Å². The Morgan fingerprint density at radius 2 is 1.69 bits per heavy atom. The molecule has 2 heterocycles. The van der Waals surface area contributed by atoms with Crippen molar-refractivity contribution in [2.45, 2.75) is 63.1 Å². The Balaban J connectivity index is 1.05. The van der Waals surface area contributed by atoms with Crippen LogP contribution in [0.15, 0.2) is 46.9 Å². The summed E-state index contributed by atoms with van der Waals surface area (Å²) in [5.74, 6) is 0.392. The number of piperazine rings is 1. The monoisotopic (exact) mass is 642 g/mol. The van der Waals surface area contributed by atoms with Crippen LogP contribution in [-0.4, -0.2) is 65.6 Å². The Morgan fingerprint density at radius 3 is 2.31 bits per heavy atom. The molecule has 2 aliphatic rings. The van der Waals surface area contributed by atoms with Crippen molar-refractivity contribution in [3.8, 4) is 0 Å². The van der Waals surface area contributed by atoms with Gasteiger partial charge in [-0.2, -0.15) is 26.3 Å². The van der Waals surface area contributed by atoms with E-state index in [2.05, 4.69) is 10.2 Å². The maximum absolute atomic E-state index is 13.3. The van der Waals surface area contributed by atoms with Gasteiger partial charge in [0.15, 0.2) is 0 Å². The number of amides is 1. The van der Waals surface area contributed by atoms with E-state index < -0.39 is 34.1 Å². The van der Waals surface area contributed by atoms with Crippen LogP contribution in [0, 0.1) is 10.1 Å².